The number of hydrogen-bond acceptors (Lipinski definition) is 6. The van der Waals surface area contributed by atoms with Crippen molar-refractivity contribution in [3.05, 3.63) is 71.4 Å². The van der Waals surface area contributed by atoms with E-state index in [0.29, 0.717) is 37.0 Å². The highest BCUT2D eigenvalue weighted by Gasteiger charge is 2.57. The van der Waals surface area contributed by atoms with Gasteiger partial charge in [0.25, 0.3) is 0 Å². The summed E-state index contributed by atoms with van der Waals surface area (Å²) in [6.07, 6.45) is 1.83. The molecule has 4 heterocycles. The Bertz CT molecular complexity index is 1220. The highest BCUT2D eigenvalue weighted by Crippen LogP contribution is 2.54. The lowest BCUT2D eigenvalue weighted by Crippen LogP contribution is -2.42. The summed E-state index contributed by atoms with van der Waals surface area (Å²) in [5, 5.41) is 0. The Balaban J connectivity index is 1.43. The predicted octanol–water partition coefficient (Wildman–Crippen LogP) is 3.14. The second-order valence-electron chi connectivity index (χ2n) is 8.51. The minimum Gasteiger partial charge on any atom is -0.491 e. The van der Waals surface area contributed by atoms with Gasteiger partial charge in [0.05, 0.1) is 6.54 Å². The molecule has 6 rings (SSSR count). The number of hydrogen-bond donors (Lipinski definition) is 0. The number of anilines is 2. The van der Waals surface area contributed by atoms with E-state index >= 15 is 0 Å². The second kappa shape index (κ2) is 6.88. The fourth-order valence-corrected chi connectivity index (χ4v) is 4.83. The highest BCUT2D eigenvalue weighted by atomic mass is 16.6. The number of aromatic nitrogens is 1. The zero-order valence-corrected chi connectivity index (χ0v) is 18.0. The third kappa shape index (κ3) is 2.60. The van der Waals surface area contributed by atoms with E-state index in [4.69, 9.17) is 14.2 Å². The van der Waals surface area contributed by atoms with Gasteiger partial charge in [-0.1, -0.05) is 24.3 Å². The molecule has 1 spiro atoms. The minimum atomic E-state index is -0.890. The van der Waals surface area contributed by atoms with Crippen LogP contribution in [0.2, 0.25) is 0 Å². The topological polar surface area (TPSA) is 64.1 Å². The summed E-state index contributed by atoms with van der Waals surface area (Å²) in [5.41, 5.74) is 2.78. The largest absolute Gasteiger partial charge is 0.491 e. The van der Waals surface area contributed by atoms with Crippen LogP contribution in [0.5, 0.6) is 17.2 Å². The fraction of sp³-hybridized carbons (Fsp3) is 0.280. The van der Waals surface area contributed by atoms with Gasteiger partial charge in [0.1, 0.15) is 36.8 Å². The van der Waals surface area contributed by atoms with Gasteiger partial charge in [0.15, 0.2) is 11.5 Å². The molecule has 0 saturated carbocycles. The zero-order chi connectivity index (χ0) is 21.9. The van der Waals surface area contributed by atoms with Crippen molar-refractivity contribution in [2.45, 2.75) is 12.0 Å². The first-order valence-corrected chi connectivity index (χ1v) is 10.7. The lowest BCUT2D eigenvalue weighted by Gasteiger charge is -2.24. The Morgan fingerprint density at radius 2 is 1.75 bits per heavy atom. The van der Waals surface area contributed by atoms with Crippen LogP contribution < -0.4 is 24.0 Å². The SMILES string of the molecule is CN(C)c1ccc(CN2C(=O)C3(COc4cc5c(cc43)OCCO5)c3ccccc32)cn1. The number of ether oxygens (including phenoxy) is 3. The third-order valence-electron chi connectivity index (χ3n) is 6.42. The van der Waals surface area contributed by atoms with Gasteiger partial charge in [-0.05, 0) is 29.3 Å². The van der Waals surface area contributed by atoms with E-state index < -0.39 is 5.41 Å². The molecule has 1 aromatic heterocycles. The van der Waals surface area contributed by atoms with E-state index in [0.717, 1.165) is 28.2 Å². The van der Waals surface area contributed by atoms with Crippen LogP contribution in [0, 0.1) is 0 Å². The molecule has 7 heteroatoms. The van der Waals surface area contributed by atoms with Crippen molar-refractivity contribution in [3.63, 3.8) is 0 Å². The fourth-order valence-electron chi connectivity index (χ4n) is 4.83. The normalized spacial score (nSPS) is 20.2. The van der Waals surface area contributed by atoms with Crippen molar-refractivity contribution in [1.82, 2.24) is 4.98 Å². The van der Waals surface area contributed by atoms with Crippen molar-refractivity contribution in [2.75, 3.05) is 43.7 Å². The maximum absolute atomic E-state index is 14.0. The molecule has 0 bridgehead atoms. The summed E-state index contributed by atoms with van der Waals surface area (Å²) in [4.78, 5) is 22.3. The monoisotopic (exact) mass is 429 g/mol. The molecular weight excluding hydrogens is 406 g/mol. The van der Waals surface area contributed by atoms with E-state index in [1.165, 1.54) is 0 Å². The highest BCUT2D eigenvalue weighted by molar-refractivity contribution is 6.11. The minimum absolute atomic E-state index is 0.00538. The molecule has 2 aromatic carbocycles. The molecule has 0 aliphatic carbocycles. The number of amides is 1. The number of carbonyl (C=O) groups is 1. The first-order valence-electron chi connectivity index (χ1n) is 10.7. The first kappa shape index (κ1) is 19.0. The molecule has 0 saturated heterocycles. The van der Waals surface area contributed by atoms with Crippen LogP contribution in [0.1, 0.15) is 16.7 Å². The van der Waals surface area contributed by atoms with E-state index in [9.17, 15) is 4.79 Å². The lowest BCUT2D eigenvalue weighted by atomic mass is 9.77. The molecular formula is C25H23N3O4. The molecule has 32 heavy (non-hydrogen) atoms. The van der Waals surface area contributed by atoms with Crippen molar-refractivity contribution in [2.24, 2.45) is 0 Å². The van der Waals surface area contributed by atoms with Crippen molar-refractivity contribution < 1.29 is 19.0 Å². The quantitative estimate of drug-likeness (QED) is 0.638. The molecule has 0 radical (unpaired) electrons. The summed E-state index contributed by atoms with van der Waals surface area (Å²) in [6.45, 7) is 1.70. The van der Waals surface area contributed by atoms with E-state index in [2.05, 4.69) is 4.98 Å². The van der Waals surface area contributed by atoms with Crippen molar-refractivity contribution >= 4 is 17.4 Å². The molecule has 162 valence electrons. The van der Waals surface area contributed by atoms with Gasteiger partial charge in [0.2, 0.25) is 5.91 Å². The average molecular weight is 429 g/mol. The lowest BCUT2D eigenvalue weighted by molar-refractivity contribution is -0.122. The Morgan fingerprint density at radius 1 is 0.969 bits per heavy atom. The van der Waals surface area contributed by atoms with Crippen LogP contribution in [0.25, 0.3) is 0 Å². The van der Waals surface area contributed by atoms with Crippen molar-refractivity contribution in [3.8, 4) is 17.2 Å². The van der Waals surface area contributed by atoms with Crippen LogP contribution in [-0.2, 0) is 16.8 Å². The average Bonchev–Trinajstić information content (AvgIpc) is 3.30. The third-order valence-corrected chi connectivity index (χ3v) is 6.42. The van der Waals surface area contributed by atoms with Gasteiger partial charge in [-0.15, -0.1) is 0 Å². The molecule has 3 aliphatic rings. The molecule has 1 amide bonds. The number of benzene rings is 2. The summed E-state index contributed by atoms with van der Waals surface area (Å²) >= 11 is 0. The van der Waals surface area contributed by atoms with Gasteiger partial charge in [-0.2, -0.15) is 0 Å². The first-order chi connectivity index (χ1) is 15.6. The Kier molecular flexibility index (Phi) is 4.08. The number of pyridine rings is 1. The van der Waals surface area contributed by atoms with Crippen molar-refractivity contribution in [1.29, 1.82) is 0 Å². The Labute approximate surface area is 186 Å². The molecule has 3 aliphatic heterocycles. The molecule has 0 fully saturated rings. The van der Waals surface area contributed by atoms with Gasteiger partial charge in [-0.3, -0.25) is 4.79 Å². The van der Waals surface area contributed by atoms with Crippen LogP contribution in [0.3, 0.4) is 0 Å². The van der Waals surface area contributed by atoms with E-state index in [1.54, 1.807) is 0 Å². The predicted molar refractivity (Wildman–Crippen MR) is 120 cm³/mol. The number of para-hydroxylation sites is 1. The van der Waals surface area contributed by atoms with E-state index in [1.807, 2.05) is 78.6 Å². The molecule has 7 nitrogen and oxygen atoms in total. The maximum atomic E-state index is 14.0. The summed E-state index contributed by atoms with van der Waals surface area (Å²) in [5.74, 6) is 2.88. The number of nitrogens with zero attached hydrogens (tertiary/aromatic N) is 3. The molecule has 3 aromatic rings. The summed E-state index contributed by atoms with van der Waals surface area (Å²) in [6, 6.07) is 15.7. The van der Waals surface area contributed by atoms with E-state index in [-0.39, 0.29) is 12.5 Å². The smallest absolute Gasteiger partial charge is 0.246 e. The molecule has 1 atom stereocenters. The number of fused-ring (bicyclic) bond motifs is 5. The Morgan fingerprint density at radius 3 is 2.50 bits per heavy atom. The summed E-state index contributed by atoms with van der Waals surface area (Å²) < 4.78 is 17.6. The number of carbonyl (C=O) groups excluding carboxylic acids is 1. The van der Waals surface area contributed by atoms with Gasteiger partial charge >= 0.3 is 0 Å². The number of rotatable bonds is 3. The van der Waals surface area contributed by atoms with Gasteiger partial charge in [-0.25, -0.2) is 4.98 Å². The molecule has 1 unspecified atom stereocenters. The molecule has 0 N–H and O–H groups in total. The van der Waals surface area contributed by atoms with Crippen LogP contribution in [-0.4, -0.2) is 44.8 Å². The standard InChI is InChI=1S/C25H23N3O4/c1-27(2)23-8-7-16(13-26-23)14-28-19-6-4-3-5-17(19)25(24(28)29)15-32-20-12-22-21(11-18(20)25)30-9-10-31-22/h3-8,11-13H,9-10,14-15H2,1-2H3. The maximum Gasteiger partial charge on any atom is 0.246 e. The van der Waals surface area contributed by atoms with Gasteiger partial charge in [0, 0.05) is 37.6 Å². The van der Waals surface area contributed by atoms with Crippen LogP contribution in [0.4, 0.5) is 11.5 Å². The zero-order valence-electron chi connectivity index (χ0n) is 18.0. The summed E-state index contributed by atoms with van der Waals surface area (Å²) in [7, 11) is 3.91. The van der Waals surface area contributed by atoms with Gasteiger partial charge < -0.3 is 24.0 Å². The second-order valence-corrected chi connectivity index (χ2v) is 8.51. The van der Waals surface area contributed by atoms with Crippen LogP contribution in [0.15, 0.2) is 54.7 Å². The van der Waals surface area contributed by atoms with Crippen LogP contribution >= 0.6 is 0 Å². The Hall–Kier alpha value is -3.74.